The van der Waals surface area contributed by atoms with Gasteiger partial charge in [0, 0.05) is 0 Å². The molecule has 0 spiro atoms. The Morgan fingerprint density at radius 2 is 1.68 bits per heavy atom. The molecule has 1 nitrogen and oxygen atoms in total. The fraction of sp³-hybridized carbons (Fsp3) is 0.200. The minimum atomic E-state index is -4.35. The number of benzene rings is 2. The maximum absolute atomic E-state index is 12.6. The summed E-state index contributed by atoms with van der Waals surface area (Å²) in [4.78, 5) is 0. The predicted octanol–water partition coefficient (Wildman–Crippen LogP) is 4.59. The van der Waals surface area contributed by atoms with Crippen LogP contribution in [0, 0.1) is 6.92 Å². The summed E-state index contributed by atoms with van der Waals surface area (Å²) in [5.74, 6) is 0.263. The highest BCUT2D eigenvalue weighted by Gasteiger charge is 2.31. The molecular weight excluding hydrogens is 253 g/mol. The summed E-state index contributed by atoms with van der Waals surface area (Å²) in [5, 5.41) is 0. The van der Waals surface area contributed by atoms with Gasteiger partial charge in [-0.05, 0) is 30.2 Å². The van der Waals surface area contributed by atoms with E-state index in [-0.39, 0.29) is 12.4 Å². The molecule has 0 aromatic heterocycles. The Balaban J connectivity index is 2.16. The molecule has 0 N–H and O–H groups in total. The molecule has 4 heteroatoms. The Labute approximate surface area is 109 Å². The monoisotopic (exact) mass is 266 g/mol. The first kappa shape index (κ1) is 13.5. The quantitative estimate of drug-likeness (QED) is 0.789. The van der Waals surface area contributed by atoms with Gasteiger partial charge in [0.2, 0.25) is 0 Å². The average molecular weight is 266 g/mol. The standard InChI is InChI=1S/C15H13F3O/c1-11-7-8-13(15(16,17)18)9-14(11)19-10-12-5-3-2-4-6-12/h2-9H,10H2,1H3. The zero-order chi connectivity index (χ0) is 13.9. The number of halogens is 3. The third kappa shape index (κ3) is 3.50. The van der Waals surface area contributed by atoms with E-state index in [1.165, 1.54) is 6.07 Å². The molecule has 2 rings (SSSR count). The number of hydrogen-bond donors (Lipinski definition) is 0. The summed E-state index contributed by atoms with van der Waals surface area (Å²) in [6.45, 7) is 1.98. The second-order valence-electron chi connectivity index (χ2n) is 4.25. The molecule has 0 aliphatic rings. The molecule has 100 valence electrons. The summed E-state index contributed by atoms with van der Waals surface area (Å²) in [5.41, 5.74) is 0.907. The predicted molar refractivity (Wildman–Crippen MR) is 67.0 cm³/mol. The van der Waals surface area contributed by atoms with Crippen molar-refractivity contribution in [1.82, 2.24) is 0 Å². The van der Waals surface area contributed by atoms with E-state index >= 15 is 0 Å². The summed E-state index contributed by atoms with van der Waals surface area (Å²) in [6, 6.07) is 12.8. The summed E-state index contributed by atoms with van der Waals surface area (Å²) < 4.78 is 43.3. The molecule has 2 aromatic rings. The summed E-state index contributed by atoms with van der Waals surface area (Å²) in [6.07, 6.45) is -4.35. The molecule has 2 aromatic carbocycles. The van der Waals surface area contributed by atoms with Crippen molar-refractivity contribution in [2.75, 3.05) is 0 Å². The molecule has 0 saturated heterocycles. The summed E-state index contributed by atoms with van der Waals surface area (Å²) >= 11 is 0. The molecule has 0 amide bonds. The van der Waals surface area contributed by atoms with Crippen LogP contribution in [-0.2, 0) is 12.8 Å². The molecule has 0 radical (unpaired) electrons. The Morgan fingerprint density at radius 1 is 1.00 bits per heavy atom. The van der Waals surface area contributed by atoms with Crippen molar-refractivity contribution >= 4 is 0 Å². The highest BCUT2D eigenvalue weighted by Crippen LogP contribution is 2.33. The van der Waals surface area contributed by atoms with Gasteiger partial charge in [0.15, 0.2) is 0 Å². The molecule has 0 heterocycles. The first-order chi connectivity index (χ1) is 8.97. The van der Waals surface area contributed by atoms with Gasteiger partial charge in [-0.3, -0.25) is 0 Å². The molecule has 0 saturated carbocycles. The lowest BCUT2D eigenvalue weighted by Gasteiger charge is -2.12. The SMILES string of the molecule is Cc1ccc(C(F)(F)F)cc1OCc1ccccc1. The molecular formula is C15H13F3O. The normalized spacial score (nSPS) is 11.4. The van der Waals surface area contributed by atoms with Crippen LogP contribution in [0.15, 0.2) is 48.5 Å². The topological polar surface area (TPSA) is 9.23 Å². The van der Waals surface area contributed by atoms with Gasteiger partial charge in [0.1, 0.15) is 12.4 Å². The van der Waals surface area contributed by atoms with Gasteiger partial charge in [0.25, 0.3) is 0 Å². The Morgan fingerprint density at radius 3 is 2.32 bits per heavy atom. The van der Waals surface area contributed by atoms with Gasteiger partial charge in [-0.1, -0.05) is 36.4 Å². The van der Waals surface area contributed by atoms with Gasteiger partial charge in [-0.15, -0.1) is 0 Å². The maximum Gasteiger partial charge on any atom is 0.416 e. The first-order valence-electron chi connectivity index (χ1n) is 5.81. The highest BCUT2D eigenvalue weighted by atomic mass is 19.4. The largest absolute Gasteiger partial charge is 0.489 e. The van der Waals surface area contributed by atoms with Crippen molar-refractivity contribution in [3.8, 4) is 5.75 Å². The second-order valence-corrected chi connectivity index (χ2v) is 4.25. The van der Waals surface area contributed by atoms with Gasteiger partial charge >= 0.3 is 6.18 Å². The van der Waals surface area contributed by atoms with Gasteiger partial charge in [-0.25, -0.2) is 0 Å². The maximum atomic E-state index is 12.6. The fourth-order valence-corrected chi connectivity index (χ4v) is 1.67. The average Bonchev–Trinajstić information content (AvgIpc) is 2.37. The first-order valence-corrected chi connectivity index (χ1v) is 5.81. The van der Waals surface area contributed by atoms with E-state index < -0.39 is 11.7 Å². The van der Waals surface area contributed by atoms with Crippen LogP contribution >= 0.6 is 0 Å². The smallest absolute Gasteiger partial charge is 0.416 e. The van der Waals surface area contributed by atoms with Crippen molar-refractivity contribution in [1.29, 1.82) is 0 Å². The summed E-state index contributed by atoms with van der Waals surface area (Å²) in [7, 11) is 0. The third-order valence-corrected chi connectivity index (χ3v) is 2.75. The zero-order valence-corrected chi connectivity index (χ0v) is 10.4. The Hall–Kier alpha value is -1.97. The van der Waals surface area contributed by atoms with E-state index in [0.29, 0.717) is 5.56 Å². The van der Waals surface area contributed by atoms with Crippen LogP contribution in [0.5, 0.6) is 5.75 Å². The van der Waals surface area contributed by atoms with E-state index in [1.807, 2.05) is 30.3 Å². The van der Waals surface area contributed by atoms with Crippen LogP contribution in [0.3, 0.4) is 0 Å². The van der Waals surface area contributed by atoms with Crippen molar-refractivity contribution in [3.63, 3.8) is 0 Å². The van der Waals surface area contributed by atoms with Crippen molar-refractivity contribution in [3.05, 3.63) is 65.2 Å². The van der Waals surface area contributed by atoms with Crippen LogP contribution in [0.1, 0.15) is 16.7 Å². The van der Waals surface area contributed by atoms with Crippen molar-refractivity contribution < 1.29 is 17.9 Å². The lowest BCUT2D eigenvalue weighted by Crippen LogP contribution is -2.06. The van der Waals surface area contributed by atoms with Crippen LogP contribution in [-0.4, -0.2) is 0 Å². The van der Waals surface area contributed by atoms with E-state index in [2.05, 4.69) is 0 Å². The van der Waals surface area contributed by atoms with Crippen molar-refractivity contribution in [2.24, 2.45) is 0 Å². The zero-order valence-electron chi connectivity index (χ0n) is 10.4. The lowest BCUT2D eigenvalue weighted by molar-refractivity contribution is -0.137. The van der Waals surface area contributed by atoms with E-state index in [0.717, 1.165) is 17.7 Å². The second kappa shape index (κ2) is 5.34. The number of rotatable bonds is 3. The fourth-order valence-electron chi connectivity index (χ4n) is 1.67. The van der Waals surface area contributed by atoms with E-state index in [9.17, 15) is 13.2 Å². The number of ether oxygens (including phenoxy) is 1. The van der Waals surface area contributed by atoms with E-state index in [4.69, 9.17) is 4.74 Å². The molecule has 0 fully saturated rings. The van der Waals surface area contributed by atoms with Crippen LogP contribution in [0.2, 0.25) is 0 Å². The molecule has 0 unspecified atom stereocenters. The highest BCUT2D eigenvalue weighted by molar-refractivity contribution is 5.38. The van der Waals surface area contributed by atoms with E-state index in [1.54, 1.807) is 6.92 Å². The minimum absolute atomic E-state index is 0.253. The third-order valence-electron chi connectivity index (χ3n) is 2.75. The molecule has 0 aliphatic heterocycles. The van der Waals surface area contributed by atoms with Crippen LogP contribution in [0.4, 0.5) is 13.2 Å². The van der Waals surface area contributed by atoms with Gasteiger partial charge in [-0.2, -0.15) is 13.2 Å². The number of alkyl halides is 3. The number of hydrogen-bond acceptors (Lipinski definition) is 1. The lowest BCUT2D eigenvalue weighted by atomic mass is 10.1. The minimum Gasteiger partial charge on any atom is -0.489 e. The Bertz CT molecular complexity index is 547. The van der Waals surface area contributed by atoms with Crippen molar-refractivity contribution in [2.45, 2.75) is 19.7 Å². The Kier molecular flexibility index (Phi) is 3.79. The molecule has 19 heavy (non-hydrogen) atoms. The molecule has 0 atom stereocenters. The van der Waals surface area contributed by atoms with Gasteiger partial charge in [0.05, 0.1) is 5.56 Å². The van der Waals surface area contributed by atoms with Crippen LogP contribution in [0.25, 0.3) is 0 Å². The van der Waals surface area contributed by atoms with Crippen LogP contribution < -0.4 is 4.74 Å². The number of aryl methyl sites for hydroxylation is 1. The molecule has 0 bridgehead atoms. The van der Waals surface area contributed by atoms with Gasteiger partial charge < -0.3 is 4.74 Å². The molecule has 0 aliphatic carbocycles.